The van der Waals surface area contributed by atoms with Crippen LogP contribution in [0.4, 0.5) is 0 Å². The number of halogens is 1. The van der Waals surface area contributed by atoms with Crippen molar-refractivity contribution in [3.05, 3.63) is 41.1 Å². The average Bonchev–Trinajstić information content (AvgIpc) is 2.79. The highest BCUT2D eigenvalue weighted by Gasteiger charge is 2.14. The summed E-state index contributed by atoms with van der Waals surface area (Å²) in [6, 6.07) is 7.48. The van der Waals surface area contributed by atoms with Crippen molar-refractivity contribution in [2.24, 2.45) is 0 Å². The van der Waals surface area contributed by atoms with Crippen molar-refractivity contribution in [1.82, 2.24) is 0 Å². The summed E-state index contributed by atoms with van der Waals surface area (Å²) in [5.41, 5.74) is 0. The zero-order chi connectivity index (χ0) is 11.4. The molecule has 1 aromatic rings. The zero-order valence-corrected chi connectivity index (χ0v) is 10.2. The second-order valence-electron chi connectivity index (χ2n) is 3.37. The molecule has 2 nitrogen and oxygen atoms in total. The first-order chi connectivity index (χ1) is 7.75. The molecule has 0 fully saturated rings. The summed E-state index contributed by atoms with van der Waals surface area (Å²) in [6.45, 7) is 0.628. The van der Waals surface area contributed by atoms with E-state index < -0.39 is 0 Å². The Morgan fingerprint density at radius 2 is 2.38 bits per heavy atom. The Bertz CT molecular complexity index is 429. The second-order valence-corrected chi connectivity index (χ2v) is 4.86. The third kappa shape index (κ3) is 3.03. The van der Waals surface area contributed by atoms with E-state index in [9.17, 15) is 4.79 Å². The summed E-state index contributed by atoms with van der Waals surface area (Å²) in [5, 5.41) is 0.689. The predicted octanol–water partition coefficient (Wildman–Crippen LogP) is 3.31. The summed E-state index contributed by atoms with van der Waals surface area (Å²) >= 11 is 7.33. The van der Waals surface area contributed by atoms with Gasteiger partial charge >= 0.3 is 0 Å². The molecule has 0 unspecified atom stereocenters. The van der Waals surface area contributed by atoms with Crippen molar-refractivity contribution >= 4 is 29.1 Å². The van der Waals surface area contributed by atoms with Crippen molar-refractivity contribution < 1.29 is 9.53 Å². The van der Waals surface area contributed by atoms with Crippen LogP contribution in [0.25, 0.3) is 0 Å². The van der Waals surface area contributed by atoms with E-state index in [2.05, 4.69) is 0 Å². The van der Waals surface area contributed by atoms with E-state index >= 15 is 0 Å². The number of hydrogen-bond donors (Lipinski definition) is 0. The van der Waals surface area contributed by atoms with Gasteiger partial charge in [0.2, 0.25) is 5.78 Å². The van der Waals surface area contributed by atoms with Crippen LogP contribution in [0, 0.1) is 0 Å². The molecule has 16 heavy (non-hydrogen) atoms. The molecule has 4 heteroatoms. The average molecular weight is 255 g/mol. The van der Waals surface area contributed by atoms with Gasteiger partial charge in [-0.2, -0.15) is 0 Å². The van der Waals surface area contributed by atoms with Crippen molar-refractivity contribution in [2.75, 3.05) is 12.4 Å². The monoisotopic (exact) mass is 254 g/mol. The van der Waals surface area contributed by atoms with Crippen LogP contribution in [-0.2, 0) is 9.53 Å². The number of benzene rings is 1. The van der Waals surface area contributed by atoms with Gasteiger partial charge in [0.15, 0.2) is 5.76 Å². The van der Waals surface area contributed by atoms with Crippen LogP contribution in [0.5, 0.6) is 0 Å². The topological polar surface area (TPSA) is 26.3 Å². The van der Waals surface area contributed by atoms with Gasteiger partial charge in [-0.3, -0.25) is 4.79 Å². The molecule has 0 saturated carbocycles. The Morgan fingerprint density at radius 1 is 1.50 bits per heavy atom. The molecule has 1 aliphatic heterocycles. The fourth-order valence-electron chi connectivity index (χ4n) is 1.39. The van der Waals surface area contributed by atoms with Gasteiger partial charge in [0, 0.05) is 16.3 Å². The standard InChI is InChI=1S/C12H11ClO2S/c13-9-3-1-4-10(7-9)16-8-11(14)12-5-2-6-15-12/h1,3-5,7H,2,6,8H2. The van der Waals surface area contributed by atoms with Crippen LogP contribution in [-0.4, -0.2) is 18.1 Å². The van der Waals surface area contributed by atoms with Crippen LogP contribution in [0.15, 0.2) is 41.0 Å². The van der Waals surface area contributed by atoms with Gasteiger partial charge in [-0.15, -0.1) is 11.8 Å². The lowest BCUT2D eigenvalue weighted by atomic mass is 10.3. The summed E-state index contributed by atoms with van der Waals surface area (Å²) in [4.78, 5) is 12.7. The lowest BCUT2D eigenvalue weighted by Gasteiger charge is -2.03. The third-order valence-corrected chi connectivity index (χ3v) is 3.37. The minimum atomic E-state index is 0.0440. The van der Waals surface area contributed by atoms with Crippen LogP contribution < -0.4 is 0 Å². The maximum atomic E-state index is 11.7. The molecule has 0 radical (unpaired) electrons. The van der Waals surface area contributed by atoms with Crippen molar-refractivity contribution in [3.63, 3.8) is 0 Å². The van der Waals surface area contributed by atoms with Crippen molar-refractivity contribution in [1.29, 1.82) is 0 Å². The van der Waals surface area contributed by atoms with Gasteiger partial charge in [-0.25, -0.2) is 0 Å². The summed E-state index contributed by atoms with van der Waals surface area (Å²) in [7, 11) is 0. The summed E-state index contributed by atoms with van der Waals surface area (Å²) < 4.78 is 5.20. The molecule has 0 aromatic heterocycles. The van der Waals surface area contributed by atoms with E-state index in [1.807, 2.05) is 30.3 Å². The van der Waals surface area contributed by atoms with E-state index in [1.54, 1.807) is 0 Å². The molecule has 0 atom stereocenters. The molecule has 1 aromatic carbocycles. The molecular weight excluding hydrogens is 244 g/mol. The van der Waals surface area contributed by atoms with Gasteiger partial charge in [-0.05, 0) is 24.3 Å². The molecule has 0 bridgehead atoms. The number of rotatable bonds is 4. The number of ketones is 1. The van der Waals surface area contributed by atoms with Gasteiger partial charge in [-0.1, -0.05) is 17.7 Å². The Morgan fingerprint density at radius 3 is 3.06 bits per heavy atom. The minimum absolute atomic E-state index is 0.0440. The highest BCUT2D eigenvalue weighted by molar-refractivity contribution is 8.00. The summed E-state index contributed by atoms with van der Waals surface area (Å²) in [6.07, 6.45) is 2.68. The van der Waals surface area contributed by atoms with Crippen LogP contribution in [0.3, 0.4) is 0 Å². The van der Waals surface area contributed by atoms with Gasteiger partial charge in [0.25, 0.3) is 0 Å². The Hall–Kier alpha value is -0.930. The van der Waals surface area contributed by atoms with Crippen LogP contribution in [0.2, 0.25) is 5.02 Å². The Kier molecular flexibility index (Phi) is 3.91. The van der Waals surface area contributed by atoms with Crippen LogP contribution >= 0.6 is 23.4 Å². The number of carbonyl (C=O) groups excluding carboxylic acids is 1. The zero-order valence-electron chi connectivity index (χ0n) is 8.61. The molecule has 0 saturated heterocycles. The predicted molar refractivity (Wildman–Crippen MR) is 65.8 cm³/mol. The van der Waals surface area contributed by atoms with Crippen LogP contribution in [0.1, 0.15) is 6.42 Å². The first-order valence-corrected chi connectivity index (χ1v) is 6.36. The molecule has 1 aliphatic rings. The van der Waals surface area contributed by atoms with Gasteiger partial charge in [0.05, 0.1) is 12.4 Å². The first-order valence-electron chi connectivity index (χ1n) is 5.00. The first kappa shape index (κ1) is 11.6. The number of thioether (sulfide) groups is 1. The smallest absolute Gasteiger partial charge is 0.207 e. The van der Waals surface area contributed by atoms with E-state index in [0.29, 0.717) is 23.1 Å². The molecular formula is C12H11ClO2S. The third-order valence-electron chi connectivity index (χ3n) is 2.15. The SMILES string of the molecule is O=C(CSc1cccc(Cl)c1)C1=CCCO1. The fourth-order valence-corrected chi connectivity index (χ4v) is 2.47. The maximum Gasteiger partial charge on any atom is 0.207 e. The molecule has 2 rings (SSSR count). The van der Waals surface area contributed by atoms with E-state index in [0.717, 1.165) is 11.3 Å². The number of Topliss-reactive ketones (excluding diaryl/α,β-unsaturated/α-hetero) is 1. The summed E-state index contributed by atoms with van der Waals surface area (Å²) in [5.74, 6) is 0.948. The van der Waals surface area contributed by atoms with Gasteiger partial charge in [0.1, 0.15) is 0 Å². The quantitative estimate of drug-likeness (QED) is 0.772. The lowest BCUT2D eigenvalue weighted by Crippen LogP contribution is -2.05. The van der Waals surface area contributed by atoms with E-state index in [-0.39, 0.29) is 5.78 Å². The second kappa shape index (κ2) is 5.41. The Labute approximate surface area is 104 Å². The lowest BCUT2D eigenvalue weighted by molar-refractivity contribution is -0.116. The Balaban J connectivity index is 1.90. The van der Waals surface area contributed by atoms with Gasteiger partial charge < -0.3 is 4.74 Å². The number of ether oxygens (including phenoxy) is 1. The molecule has 0 amide bonds. The molecule has 0 spiro atoms. The van der Waals surface area contributed by atoms with Crippen molar-refractivity contribution in [3.8, 4) is 0 Å². The largest absolute Gasteiger partial charge is 0.490 e. The van der Waals surface area contributed by atoms with E-state index in [1.165, 1.54) is 11.8 Å². The number of hydrogen-bond acceptors (Lipinski definition) is 3. The number of allylic oxidation sites excluding steroid dienone is 1. The number of carbonyl (C=O) groups is 1. The highest BCUT2D eigenvalue weighted by Crippen LogP contribution is 2.23. The maximum absolute atomic E-state index is 11.7. The normalized spacial score (nSPS) is 14.4. The van der Waals surface area contributed by atoms with Crippen molar-refractivity contribution in [2.45, 2.75) is 11.3 Å². The molecule has 1 heterocycles. The molecule has 0 N–H and O–H groups in total. The molecule has 84 valence electrons. The van der Waals surface area contributed by atoms with E-state index in [4.69, 9.17) is 16.3 Å². The highest BCUT2D eigenvalue weighted by atomic mass is 35.5. The minimum Gasteiger partial charge on any atom is -0.490 e. The fraction of sp³-hybridized carbons (Fsp3) is 0.250. The molecule has 0 aliphatic carbocycles.